The van der Waals surface area contributed by atoms with Crippen LogP contribution in [0.4, 0.5) is 0 Å². The molecule has 1 aromatic heterocycles. The first-order valence-electron chi connectivity index (χ1n) is 8.23. The zero-order valence-corrected chi connectivity index (χ0v) is 14.9. The van der Waals surface area contributed by atoms with Gasteiger partial charge >= 0.3 is 5.97 Å². The maximum Gasteiger partial charge on any atom is 0.348 e. The summed E-state index contributed by atoms with van der Waals surface area (Å²) < 4.78 is 5.13. The molecule has 1 N–H and O–H groups in total. The summed E-state index contributed by atoms with van der Waals surface area (Å²) in [5.41, 5.74) is 2.20. The number of hydrogen-bond donors (Lipinski definition) is 1. The van der Waals surface area contributed by atoms with Crippen molar-refractivity contribution in [2.45, 2.75) is 39.7 Å². The summed E-state index contributed by atoms with van der Waals surface area (Å²) in [6, 6.07) is 11.5. The van der Waals surface area contributed by atoms with E-state index in [4.69, 9.17) is 4.74 Å². The van der Waals surface area contributed by atoms with Crippen LogP contribution in [-0.4, -0.2) is 18.5 Å². The molecule has 128 valence electrons. The lowest BCUT2D eigenvalue weighted by atomic mass is 10.1. The van der Waals surface area contributed by atoms with E-state index >= 15 is 0 Å². The van der Waals surface area contributed by atoms with E-state index in [1.807, 2.05) is 36.4 Å². The van der Waals surface area contributed by atoms with Gasteiger partial charge in [-0.05, 0) is 30.0 Å². The van der Waals surface area contributed by atoms with E-state index < -0.39 is 5.97 Å². The van der Waals surface area contributed by atoms with Crippen LogP contribution in [0, 0.1) is 0 Å². The molecule has 0 aliphatic carbocycles. The van der Waals surface area contributed by atoms with Crippen molar-refractivity contribution >= 4 is 23.2 Å². The largest absolute Gasteiger partial charge is 0.451 e. The van der Waals surface area contributed by atoms with Gasteiger partial charge in [-0.25, -0.2) is 4.79 Å². The molecule has 2 aromatic rings. The fourth-order valence-corrected chi connectivity index (χ4v) is 3.60. The van der Waals surface area contributed by atoms with Gasteiger partial charge in [0.15, 0.2) is 6.61 Å². The highest BCUT2D eigenvalue weighted by molar-refractivity contribution is 7.14. The average molecular weight is 345 g/mol. The van der Waals surface area contributed by atoms with Gasteiger partial charge in [-0.15, -0.1) is 11.3 Å². The number of rotatable bonds is 8. The Morgan fingerprint density at radius 1 is 1.17 bits per heavy atom. The number of hydrogen-bond acceptors (Lipinski definition) is 4. The minimum atomic E-state index is -0.424. The first-order valence-corrected chi connectivity index (χ1v) is 9.05. The van der Waals surface area contributed by atoms with Gasteiger partial charge in [0.25, 0.3) is 5.91 Å². The van der Waals surface area contributed by atoms with Crippen LogP contribution in [0.5, 0.6) is 0 Å². The Morgan fingerprint density at radius 3 is 2.58 bits per heavy atom. The predicted octanol–water partition coefficient (Wildman–Crippen LogP) is 3.74. The van der Waals surface area contributed by atoms with Gasteiger partial charge in [0.1, 0.15) is 4.88 Å². The lowest BCUT2D eigenvalue weighted by Crippen LogP contribution is -2.28. The normalized spacial score (nSPS) is 10.4. The summed E-state index contributed by atoms with van der Waals surface area (Å²) in [5.74, 6) is -0.722. The predicted molar refractivity (Wildman–Crippen MR) is 96.3 cm³/mol. The van der Waals surface area contributed by atoms with Gasteiger partial charge in [-0.2, -0.15) is 0 Å². The maximum absolute atomic E-state index is 12.1. The second kappa shape index (κ2) is 9.23. The second-order valence-corrected chi connectivity index (χ2v) is 6.64. The summed E-state index contributed by atoms with van der Waals surface area (Å²) in [4.78, 5) is 25.7. The van der Waals surface area contributed by atoms with Crippen LogP contribution < -0.4 is 5.32 Å². The number of ether oxygens (including phenoxy) is 1. The van der Waals surface area contributed by atoms with Gasteiger partial charge in [0, 0.05) is 11.4 Å². The number of carbonyl (C=O) groups excluding carboxylic acids is 2. The number of carbonyl (C=O) groups is 2. The molecule has 0 aliphatic heterocycles. The molecule has 5 heteroatoms. The van der Waals surface area contributed by atoms with E-state index in [1.54, 1.807) is 0 Å². The van der Waals surface area contributed by atoms with Crippen molar-refractivity contribution in [3.05, 3.63) is 57.3 Å². The lowest BCUT2D eigenvalue weighted by Gasteiger charge is -2.06. The van der Waals surface area contributed by atoms with Crippen LogP contribution in [0.15, 0.2) is 36.4 Å². The van der Waals surface area contributed by atoms with Crippen LogP contribution in [0.1, 0.15) is 45.9 Å². The molecule has 2 rings (SSSR count). The molecular formula is C19H23NO3S. The van der Waals surface area contributed by atoms with Gasteiger partial charge < -0.3 is 10.1 Å². The molecule has 0 atom stereocenters. The third-order valence-corrected chi connectivity index (χ3v) is 4.84. The number of thiophene rings is 1. The third-order valence-electron chi connectivity index (χ3n) is 3.62. The van der Waals surface area contributed by atoms with Gasteiger partial charge in [0.05, 0.1) is 0 Å². The van der Waals surface area contributed by atoms with E-state index in [0.717, 1.165) is 24.8 Å². The Kier molecular flexibility index (Phi) is 7.00. The maximum atomic E-state index is 12.1. The number of amides is 1. The van der Waals surface area contributed by atoms with Gasteiger partial charge in [0.2, 0.25) is 0 Å². The van der Waals surface area contributed by atoms with Crippen molar-refractivity contribution in [2.75, 3.05) is 6.61 Å². The molecule has 24 heavy (non-hydrogen) atoms. The SMILES string of the molecule is CCCc1sc(C(=O)OCC(=O)NCc2ccccc2)cc1CC. The van der Waals surface area contributed by atoms with Crippen LogP contribution in [0.2, 0.25) is 0 Å². The average Bonchev–Trinajstić information content (AvgIpc) is 3.02. The van der Waals surface area contributed by atoms with Gasteiger partial charge in [-0.3, -0.25) is 4.79 Å². The van der Waals surface area contributed by atoms with E-state index in [2.05, 4.69) is 19.2 Å². The fraction of sp³-hybridized carbons (Fsp3) is 0.368. The molecule has 4 nitrogen and oxygen atoms in total. The Balaban J connectivity index is 1.83. The van der Waals surface area contributed by atoms with Crippen molar-refractivity contribution in [3.8, 4) is 0 Å². The highest BCUT2D eigenvalue weighted by atomic mass is 32.1. The summed E-state index contributed by atoms with van der Waals surface area (Å²) in [6.07, 6.45) is 2.92. The van der Waals surface area contributed by atoms with E-state index in [9.17, 15) is 9.59 Å². The van der Waals surface area contributed by atoms with Crippen LogP contribution in [0.25, 0.3) is 0 Å². The number of nitrogens with one attached hydrogen (secondary N) is 1. The fourth-order valence-electron chi connectivity index (χ4n) is 2.35. The molecule has 1 aromatic carbocycles. The van der Waals surface area contributed by atoms with Crippen molar-refractivity contribution in [3.63, 3.8) is 0 Å². The van der Waals surface area contributed by atoms with Crippen molar-refractivity contribution in [1.82, 2.24) is 5.32 Å². The quantitative estimate of drug-likeness (QED) is 0.742. The van der Waals surface area contributed by atoms with Crippen LogP contribution in [-0.2, 0) is 28.9 Å². The summed E-state index contributed by atoms with van der Waals surface area (Å²) >= 11 is 1.47. The summed E-state index contributed by atoms with van der Waals surface area (Å²) in [5, 5.41) is 2.74. The monoisotopic (exact) mass is 345 g/mol. The van der Waals surface area contributed by atoms with Crippen molar-refractivity contribution in [2.24, 2.45) is 0 Å². The lowest BCUT2D eigenvalue weighted by molar-refractivity contribution is -0.124. The first kappa shape index (κ1) is 18.2. The molecule has 0 aliphatic rings. The van der Waals surface area contributed by atoms with Crippen LogP contribution >= 0.6 is 11.3 Å². The second-order valence-electron chi connectivity index (χ2n) is 5.50. The molecule has 0 radical (unpaired) electrons. The molecule has 0 unspecified atom stereocenters. The minimum Gasteiger partial charge on any atom is -0.451 e. The number of benzene rings is 1. The molecular weight excluding hydrogens is 322 g/mol. The van der Waals surface area contributed by atoms with Crippen LogP contribution in [0.3, 0.4) is 0 Å². The molecule has 0 saturated carbocycles. The molecule has 1 amide bonds. The number of esters is 1. The van der Waals surface area contributed by atoms with E-state index in [-0.39, 0.29) is 12.5 Å². The molecule has 0 fully saturated rings. The highest BCUT2D eigenvalue weighted by Crippen LogP contribution is 2.25. The molecule has 0 bridgehead atoms. The summed E-state index contributed by atoms with van der Waals surface area (Å²) in [7, 11) is 0. The summed E-state index contributed by atoms with van der Waals surface area (Å²) in [6.45, 7) is 4.37. The van der Waals surface area contributed by atoms with Gasteiger partial charge in [-0.1, -0.05) is 50.6 Å². The van der Waals surface area contributed by atoms with Crippen molar-refractivity contribution in [1.29, 1.82) is 0 Å². The standard InChI is InChI=1S/C19H23NO3S/c1-3-8-16-15(4-2)11-17(24-16)19(22)23-13-18(21)20-12-14-9-6-5-7-10-14/h5-7,9-11H,3-4,8,12-13H2,1-2H3,(H,20,21). The van der Waals surface area contributed by atoms with Crippen molar-refractivity contribution < 1.29 is 14.3 Å². The third kappa shape index (κ3) is 5.20. The molecule has 1 heterocycles. The minimum absolute atomic E-state index is 0.256. The first-order chi connectivity index (χ1) is 11.6. The molecule has 0 saturated heterocycles. The van der Waals surface area contributed by atoms with E-state index in [1.165, 1.54) is 21.8 Å². The Morgan fingerprint density at radius 2 is 1.92 bits per heavy atom. The highest BCUT2D eigenvalue weighted by Gasteiger charge is 2.15. The smallest absolute Gasteiger partial charge is 0.348 e. The number of aryl methyl sites for hydroxylation is 2. The zero-order valence-electron chi connectivity index (χ0n) is 14.1. The van der Waals surface area contributed by atoms with E-state index in [0.29, 0.717) is 11.4 Å². The Hall–Kier alpha value is -2.14. The topological polar surface area (TPSA) is 55.4 Å². The zero-order chi connectivity index (χ0) is 17.4. The Labute approximate surface area is 146 Å². The molecule has 0 spiro atoms. The Bertz CT molecular complexity index is 679.